The van der Waals surface area contributed by atoms with Gasteiger partial charge in [-0.05, 0) is 61.8 Å². The Morgan fingerprint density at radius 1 is 1.19 bits per heavy atom. The van der Waals surface area contributed by atoms with Gasteiger partial charge in [0, 0.05) is 23.9 Å². The van der Waals surface area contributed by atoms with Crippen LogP contribution in [-0.4, -0.2) is 41.0 Å². The third-order valence-corrected chi connectivity index (χ3v) is 7.78. The minimum absolute atomic E-state index is 0.0115. The molecule has 0 radical (unpaired) electrons. The molecular formula is C24H27N3O3S. The molecule has 1 aromatic carbocycles. The Bertz CT molecular complexity index is 1160. The first-order valence-electron chi connectivity index (χ1n) is 11.1. The van der Waals surface area contributed by atoms with Crippen molar-refractivity contribution in [2.45, 2.75) is 50.9 Å². The molecule has 0 atom stereocenters. The van der Waals surface area contributed by atoms with E-state index in [2.05, 4.69) is 4.98 Å². The van der Waals surface area contributed by atoms with Crippen LogP contribution in [-0.2, 0) is 24.1 Å². The zero-order chi connectivity index (χ0) is 21.4. The number of methoxy groups -OCH3 is 1. The standard InChI is InChI=1S/C24H27N3O3S/c1-30-17-8-6-15(7-9-17)14-20(28)27-12-10-16(11-13-27)22-25-23(29)21-18-4-2-3-5-19(18)31-24(21)26-22/h6-9,16H,2-5,10-14H2,1H3,(H,25,26,29). The largest absolute Gasteiger partial charge is 0.497 e. The molecule has 3 aromatic rings. The number of hydrogen-bond donors (Lipinski definition) is 1. The van der Waals surface area contributed by atoms with Gasteiger partial charge in [0.2, 0.25) is 5.91 Å². The number of hydrogen-bond acceptors (Lipinski definition) is 5. The molecule has 1 aliphatic heterocycles. The predicted molar refractivity (Wildman–Crippen MR) is 122 cm³/mol. The summed E-state index contributed by atoms with van der Waals surface area (Å²) in [6.07, 6.45) is 6.48. The number of piperidine rings is 1. The molecule has 3 heterocycles. The van der Waals surface area contributed by atoms with Gasteiger partial charge in [0.25, 0.3) is 5.56 Å². The van der Waals surface area contributed by atoms with E-state index in [1.807, 2.05) is 29.2 Å². The predicted octanol–water partition coefficient (Wildman–Crippen LogP) is 3.82. The Labute approximate surface area is 185 Å². The van der Waals surface area contributed by atoms with Crippen LogP contribution in [0.15, 0.2) is 29.1 Å². The van der Waals surface area contributed by atoms with E-state index < -0.39 is 0 Å². The maximum atomic E-state index is 12.8. The van der Waals surface area contributed by atoms with Crippen molar-refractivity contribution in [2.24, 2.45) is 0 Å². The van der Waals surface area contributed by atoms with Crippen LogP contribution in [0.4, 0.5) is 0 Å². The van der Waals surface area contributed by atoms with Crippen LogP contribution in [0.1, 0.15) is 53.4 Å². The summed E-state index contributed by atoms with van der Waals surface area (Å²) in [5, 5.41) is 0.815. The van der Waals surface area contributed by atoms with E-state index >= 15 is 0 Å². The fourth-order valence-corrected chi connectivity index (χ4v) is 6.08. The van der Waals surface area contributed by atoms with Crippen LogP contribution in [0.5, 0.6) is 5.75 Å². The smallest absolute Gasteiger partial charge is 0.259 e. The summed E-state index contributed by atoms with van der Waals surface area (Å²) in [5.41, 5.74) is 2.23. The molecule has 0 spiro atoms. The second-order valence-corrected chi connectivity index (χ2v) is 9.61. The summed E-state index contributed by atoms with van der Waals surface area (Å²) in [7, 11) is 1.64. The lowest BCUT2D eigenvalue weighted by Crippen LogP contribution is -2.39. The van der Waals surface area contributed by atoms with Crippen molar-refractivity contribution in [2.75, 3.05) is 20.2 Å². The lowest BCUT2D eigenvalue weighted by molar-refractivity contribution is -0.131. The number of aryl methyl sites for hydroxylation is 2. The van der Waals surface area contributed by atoms with Crippen LogP contribution in [0.2, 0.25) is 0 Å². The molecule has 1 aliphatic carbocycles. The number of fused-ring (bicyclic) bond motifs is 3. The number of carbonyl (C=O) groups is 1. The summed E-state index contributed by atoms with van der Waals surface area (Å²) in [6, 6.07) is 7.65. The van der Waals surface area contributed by atoms with E-state index in [0.717, 1.165) is 59.5 Å². The highest BCUT2D eigenvalue weighted by Crippen LogP contribution is 2.35. The van der Waals surface area contributed by atoms with E-state index in [-0.39, 0.29) is 17.4 Å². The fraction of sp³-hybridized carbons (Fsp3) is 0.458. The molecule has 1 saturated heterocycles. The highest BCUT2D eigenvalue weighted by molar-refractivity contribution is 7.18. The van der Waals surface area contributed by atoms with Crippen LogP contribution in [0, 0.1) is 0 Å². The Balaban J connectivity index is 1.26. The summed E-state index contributed by atoms with van der Waals surface area (Å²) in [6.45, 7) is 1.39. The quantitative estimate of drug-likeness (QED) is 0.673. The molecule has 1 N–H and O–H groups in total. The van der Waals surface area contributed by atoms with E-state index in [1.54, 1.807) is 18.4 Å². The monoisotopic (exact) mass is 437 g/mol. The molecule has 6 nitrogen and oxygen atoms in total. The molecule has 5 rings (SSSR count). The Morgan fingerprint density at radius 3 is 2.68 bits per heavy atom. The lowest BCUT2D eigenvalue weighted by Gasteiger charge is -2.31. The molecule has 31 heavy (non-hydrogen) atoms. The number of nitrogens with one attached hydrogen (secondary N) is 1. The molecular weight excluding hydrogens is 410 g/mol. The Morgan fingerprint density at radius 2 is 1.94 bits per heavy atom. The van der Waals surface area contributed by atoms with Gasteiger partial charge in [-0.25, -0.2) is 4.98 Å². The second-order valence-electron chi connectivity index (χ2n) is 8.52. The molecule has 2 aromatic heterocycles. The molecule has 0 saturated carbocycles. The third kappa shape index (κ3) is 3.99. The average Bonchev–Trinajstić information content (AvgIpc) is 3.18. The van der Waals surface area contributed by atoms with E-state index in [4.69, 9.17) is 9.72 Å². The number of aromatic amines is 1. The van der Waals surface area contributed by atoms with Gasteiger partial charge in [-0.1, -0.05) is 12.1 Å². The van der Waals surface area contributed by atoms with E-state index in [9.17, 15) is 9.59 Å². The molecule has 2 aliphatic rings. The van der Waals surface area contributed by atoms with Crippen molar-refractivity contribution in [1.82, 2.24) is 14.9 Å². The zero-order valence-electron chi connectivity index (χ0n) is 17.8. The highest BCUT2D eigenvalue weighted by Gasteiger charge is 2.27. The number of ether oxygens (including phenoxy) is 1. The molecule has 1 fully saturated rings. The molecule has 162 valence electrons. The van der Waals surface area contributed by atoms with E-state index in [0.29, 0.717) is 19.5 Å². The normalized spacial score (nSPS) is 17.0. The van der Waals surface area contributed by atoms with E-state index in [1.165, 1.54) is 16.9 Å². The number of thiophene rings is 1. The number of rotatable bonds is 4. The van der Waals surface area contributed by atoms with Crippen molar-refractivity contribution in [3.05, 3.63) is 56.4 Å². The molecule has 1 amide bonds. The summed E-state index contributed by atoms with van der Waals surface area (Å²) >= 11 is 1.70. The average molecular weight is 438 g/mol. The van der Waals surface area contributed by atoms with Crippen LogP contribution in [0.25, 0.3) is 10.2 Å². The SMILES string of the molecule is COc1ccc(CC(=O)N2CCC(c3nc4sc5c(c4c(=O)[nH]3)CCCC5)CC2)cc1. The second kappa shape index (κ2) is 8.46. The van der Waals surface area contributed by atoms with Crippen molar-refractivity contribution < 1.29 is 9.53 Å². The van der Waals surface area contributed by atoms with Crippen molar-refractivity contribution in [1.29, 1.82) is 0 Å². The summed E-state index contributed by atoms with van der Waals surface area (Å²) < 4.78 is 5.18. The summed E-state index contributed by atoms with van der Waals surface area (Å²) in [4.78, 5) is 37.7. The van der Waals surface area contributed by atoms with Gasteiger partial charge in [-0.3, -0.25) is 9.59 Å². The van der Waals surface area contributed by atoms with Gasteiger partial charge < -0.3 is 14.6 Å². The Hall–Kier alpha value is -2.67. The summed E-state index contributed by atoms with van der Waals surface area (Å²) in [5.74, 6) is 1.92. The number of aromatic nitrogens is 2. The number of nitrogens with zero attached hydrogens (tertiary/aromatic N) is 2. The van der Waals surface area contributed by atoms with Crippen LogP contribution in [0.3, 0.4) is 0 Å². The minimum Gasteiger partial charge on any atom is -0.497 e. The van der Waals surface area contributed by atoms with Crippen LogP contribution >= 0.6 is 11.3 Å². The highest BCUT2D eigenvalue weighted by atomic mass is 32.1. The van der Waals surface area contributed by atoms with Crippen molar-refractivity contribution in [3.8, 4) is 5.75 Å². The maximum absolute atomic E-state index is 12.8. The zero-order valence-corrected chi connectivity index (χ0v) is 18.6. The van der Waals surface area contributed by atoms with Gasteiger partial charge in [0.05, 0.1) is 18.9 Å². The third-order valence-electron chi connectivity index (χ3n) is 6.59. The van der Waals surface area contributed by atoms with Crippen LogP contribution < -0.4 is 10.3 Å². The van der Waals surface area contributed by atoms with Gasteiger partial charge in [-0.2, -0.15) is 0 Å². The molecule has 0 bridgehead atoms. The fourth-order valence-electron chi connectivity index (χ4n) is 4.81. The maximum Gasteiger partial charge on any atom is 0.259 e. The molecule has 7 heteroatoms. The Kier molecular flexibility index (Phi) is 5.52. The first kappa shape index (κ1) is 20.2. The van der Waals surface area contributed by atoms with Gasteiger partial charge >= 0.3 is 0 Å². The first-order valence-corrected chi connectivity index (χ1v) is 11.9. The number of H-pyrrole nitrogens is 1. The number of carbonyl (C=O) groups excluding carboxylic acids is 1. The number of benzene rings is 1. The van der Waals surface area contributed by atoms with Crippen molar-refractivity contribution in [3.63, 3.8) is 0 Å². The number of amides is 1. The number of likely N-dealkylation sites (tertiary alicyclic amines) is 1. The first-order chi connectivity index (χ1) is 15.1. The van der Waals surface area contributed by atoms with Gasteiger partial charge in [0.15, 0.2) is 0 Å². The lowest BCUT2D eigenvalue weighted by atomic mass is 9.95. The molecule has 0 unspecified atom stereocenters. The topological polar surface area (TPSA) is 75.3 Å². The van der Waals surface area contributed by atoms with Crippen molar-refractivity contribution >= 4 is 27.5 Å². The van der Waals surface area contributed by atoms with Gasteiger partial charge in [0.1, 0.15) is 16.4 Å². The van der Waals surface area contributed by atoms with Gasteiger partial charge in [-0.15, -0.1) is 11.3 Å². The minimum atomic E-state index is 0.0115.